The summed E-state index contributed by atoms with van der Waals surface area (Å²) < 4.78 is 5.43. The predicted molar refractivity (Wildman–Crippen MR) is 119 cm³/mol. The number of pyridine rings is 1. The highest BCUT2D eigenvalue weighted by atomic mass is 16.6. The minimum Gasteiger partial charge on any atom is -0.444 e. The molecule has 30 heavy (non-hydrogen) atoms. The van der Waals surface area contributed by atoms with Crippen molar-refractivity contribution in [1.82, 2.24) is 14.8 Å². The van der Waals surface area contributed by atoms with Gasteiger partial charge in [0.15, 0.2) is 0 Å². The third kappa shape index (κ3) is 5.29. The maximum Gasteiger partial charge on any atom is 0.410 e. The highest BCUT2D eigenvalue weighted by molar-refractivity contribution is 5.98. The molecule has 0 N–H and O–H groups in total. The van der Waals surface area contributed by atoms with E-state index < -0.39 is 5.60 Å². The molecule has 1 fully saturated rings. The van der Waals surface area contributed by atoms with Crippen LogP contribution >= 0.6 is 0 Å². The number of aromatic nitrogens is 1. The number of likely N-dealkylation sites (tertiary alicyclic amines) is 1. The first-order chi connectivity index (χ1) is 14.0. The van der Waals surface area contributed by atoms with Gasteiger partial charge in [0.2, 0.25) is 0 Å². The first-order valence-corrected chi connectivity index (χ1v) is 10.6. The van der Waals surface area contributed by atoms with Gasteiger partial charge in [0.1, 0.15) is 5.60 Å². The van der Waals surface area contributed by atoms with Crippen LogP contribution in [0.5, 0.6) is 0 Å². The second kappa shape index (κ2) is 8.62. The number of ether oxygens (including phenoxy) is 1. The summed E-state index contributed by atoms with van der Waals surface area (Å²) in [6, 6.07) is 8.07. The molecule has 0 bridgehead atoms. The van der Waals surface area contributed by atoms with E-state index in [9.17, 15) is 9.59 Å². The van der Waals surface area contributed by atoms with Crippen LogP contribution in [0.3, 0.4) is 0 Å². The summed E-state index contributed by atoms with van der Waals surface area (Å²) in [5, 5.41) is 0.989. The molecular weight excluding hydrogens is 378 g/mol. The van der Waals surface area contributed by atoms with Gasteiger partial charge in [-0.25, -0.2) is 4.79 Å². The van der Waals surface area contributed by atoms with Crippen LogP contribution in [-0.4, -0.2) is 59.1 Å². The molecule has 2 amide bonds. The lowest BCUT2D eigenvalue weighted by Crippen LogP contribution is -2.43. The van der Waals surface area contributed by atoms with E-state index >= 15 is 0 Å². The quantitative estimate of drug-likeness (QED) is 0.742. The molecule has 0 radical (unpaired) electrons. The van der Waals surface area contributed by atoms with Gasteiger partial charge in [-0.1, -0.05) is 12.1 Å². The van der Waals surface area contributed by atoms with E-state index in [1.54, 1.807) is 11.9 Å². The Labute approximate surface area is 179 Å². The number of fused-ring (bicyclic) bond motifs is 1. The van der Waals surface area contributed by atoms with Crippen molar-refractivity contribution in [3.05, 3.63) is 41.1 Å². The third-order valence-electron chi connectivity index (χ3n) is 5.53. The van der Waals surface area contributed by atoms with Crippen molar-refractivity contribution in [2.24, 2.45) is 5.92 Å². The van der Waals surface area contributed by atoms with Crippen molar-refractivity contribution in [2.75, 3.05) is 26.7 Å². The number of carbonyl (C=O) groups excluding carboxylic acids is 2. The molecule has 0 spiro atoms. The number of carbonyl (C=O) groups is 2. The van der Waals surface area contributed by atoms with Crippen LogP contribution < -0.4 is 0 Å². The van der Waals surface area contributed by atoms with Gasteiger partial charge in [0.05, 0.1) is 16.8 Å². The molecule has 2 heterocycles. The molecule has 1 aliphatic heterocycles. The van der Waals surface area contributed by atoms with Crippen LogP contribution in [-0.2, 0) is 4.74 Å². The van der Waals surface area contributed by atoms with E-state index in [2.05, 4.69) is 4.98 Å². The molecule has 1 aromatic carbocycles. The molecule has 162 valence electrons. The normalized spacial score (nSPS) is 15.3. The molecule has 6 nitrogen and oxygen atoms in total. The average molecular weight is 412 g/mol. The summed E-state index contributed by atoms with van der Waals surface area (Å²) in [5.41, 5.74) is 3.03. The Hall–Kier alpha value is -2.63. The fraction of sp³-hybridized carbons (Fsp3) is 0.542. The Morgan fingerprint density at radius 3 is 2.47 bits per heavy atom. The highest BCUT2D eigenvalue weighted by Gasteiger charge is 2.28. The van der Waals surface area contributed by atoms with Crippen molar-refractivity contribution in [1.29, 1.82) is 0 Å². The van der Waals surface area contributed by atoms with E-state index in [4.69, 9.17) is 4.74 Å². The lowest BCUT2D eigenvalue weighted by Gasteiger charge is -2.34. The number of hydrogen-bond acceptors (Lipinski definition) is 4. The van der Waals surface area contributed by atoms with Crippen LogP contribution in [0.25, 0.3) is 10.9 Å². The van der Waals surface area contributed by atoms with Crippen molar-refractivity contribution in [3.63, 3.8) is 0 Å². The summed E-state index contributed by atoms with van der Waals surface area (Å²) in [4.78, 5) is 33.5. The number of aryl methyl sites for hydroxylation is 2. The number of nitrogens with zero attached hydrogens (tertiary/aromatic N) is 3. The van der Waals surface area contributed by atoms with Crippen molar-refractivity contribution in [3.8, 4) is 0 Å². The SMILES string of the molecule is Cc1ccc2cc(C(=O)N3CCC(CN(C)C(=O)OC(C)(C)C)CC3)c(C)nc2c1. The second-order valence-electron chi connectivity index (χ2n) is 9.41. The largest absolute Gasteiger partial charge is 0.444 e. The molecule has 1 aromatic heterocycles. The lowest BCUT2D eigenvalue weighted by molar-refractivity contribution is 0.0246. The predicted octanol–water partition coefficient (Wildman–Crippen LogP) is 4.57. The van der Waals surface area contributed by atoms with Crippen LogP contribution in [0.4, 0.5) is 4.79 Å². The Bertz CT molecular complexity index is 941. The van der Waals surface area contributed by atoms with E-state index in [1.165, 1.54) is 0 Å². The maximum atomic E-state index is 13.1. The summed E-state index contributed by atoms with van der Waals surface area (Å²) >= 11 is 0. The van der Waals surface area contributed by atoms with Crippen molar-refractivity contribution < 1.29 is 14.3 Å². The summed E-state index contributed by atoms with van der Waals surface area (Å²) in [6.07, 6.45) is 1.45. The maximum absolute atomic E-state index is 13.1. The number of hydrogen-bond donors (Lipinski definition) is 0. The lowest BCUT2D eigenvalue weighted by atomic mass is 9.95. The molecule has 0 aliphatic carbocycles. The van der Waals surface area contributed by atoms with Gasteiger partial charge in [-0.05, 0) is 71.1 Å². The van der Waals surface area contributed by atoms with Gasteiger partial charge in [-0.15, -0.1) is 0 Å². The standard InChI is InChI=1S/C24H33N3O3/c1-16-7-8-19-14-20(17(2)25-21(19)13-16)22(28)27-11-9-18(10-12-27)15-26(6)23(29)30-24(3,4)5/h7-8,13-14,18H,9-12,15H2,1-6H3. The minimum absolute atomic E-state index is 0.0430. The van der Waals surface area contributed by atoms with Gasteiger partial charge in [-0.3, -0.25) is 9.78 Å². The number of amides is 2. The first-order valence-electron chi connectivity index (χ1n) is 10.6. The summed E-state index contributed by atoms with van der Waals surface area (Å²) in [6.45, 7) is 11.6. The zero-order chi connectivity index (χ0) is 22.1. The molecule has 0 unspecified atom stereocenters. The van der Waals surface area contributed by atoms with E-state index in [-0.39, 0.29) is 12.0 Å². The molecule has 0 atom stereocenters. The minimum atomic E-state index is -0.494. The molecule has 2 aromatic rings. The zero-order valence-corrected chi connectivity index (χ0v) is 19.0. The highest BCUT2D eigenvalue weighted by Crippen LogP contribution is 2.23. The summed E-state index contributed by atoms with van der Waals surface area (Å²) in [7, 11) is 1.78. The molecule has 3 rings (SSSR count). The van der Waals surface area contributed by atoms with Crippen LogP contribution in [0.1, 0.15) is 55.2 Å². The van der Waals surface area contributed by atoms with Gasteiger partial charge < -0.3 is 14.5 Å². The fourth-order valence-electron chi connectivity index (χ4n) is 3.88. The summed E-state index contributed by atoms with van der Waals surface area (Å²) in [5.74, 6) is 0.409. The second-order valence-corrected chi connectivity index (χ2v) is 9.41. The van der Waals surface area contributed by atoms with E-state index in [0.29, 0.717) is 31.1 Å². The monoisotopic (exact) mass is 411 g/mol. The zero-order valence-electron chi connectivity index (χ0n) is 19.0. The molecule has 6 heteroatoms. The Morgan fingerprint density at radius 1 is 1.17 bits per heavy atom. The Kier molecular flexibility index (Phi) is 6.34. The van der Waals surface area contributed by atoms with Crippen LogP contribution in [0.2, 0.25) is 0 Å². The average Bonchev–Trinajstić information content (AvgIpc) is 2.66. The van der Waals surface area contributed by atoms with Gasteiger partial charge >= 0.3 is 6.09 Å². The van der Waals surface area contributed by atoms with Crippen molar-refractivity contribution in [2.45, 2.75) is 53.1 Å². The molecular formula is C24H33N3O3. The van der Waals surface area contributed by atoms with Crippen molar-refractivity contribution >= 4 is 22.9 Å². The molecule has 1 saturated heterocycles. The number of benzene rings is 1. The van der Waals surface area contributed by atoms with Crippen LogP contribution in [0.15, 0.2) is 24.3 Å². The smallest absolute Gasteiger partial charge is 0.410 e. The third-order valence-corrected chi connectivity index (χ3v) is 5.53. The van der Waals surface area contributed by atoms with E-state index in [0.717, 1.165) is 35.0 Å². The van der Waals surface area contributed by atoms with Gasteiger partial charge in [-0.2, -0.15) is 0 Å². The van der Waals surface area contributed by atoms with E-state index in [1.807, 2.05) is 63.8 Å². The topological polar surface area (TPSA) is 62.7 Å². The van der Waals surface area contributed by atoms with Gasteiger partial charge in [0.25, 0.3) is 5.91 Å². The first kappa shape index (κ1) is 22.1. The van der Waals surface area contributed by atoms with Gasteiger partial charge in [0, 0.05) is 32.1 Å². The Balaban J connectivity index is 1.60. The number of piperidine rings is 1. The molecule has 0 saturated carbocycles. The Morgan fingerprint density at radius 2 is 1.83 bits per heavy atom. The fourth-order valence-corrected chi connectivity index (χ4v) is 3.88. The van der Waals surface area contributed by atoms with Crippen LogP contribution in [0, 0.1) is 19.8 Å². The molecule has 1 aliphatic rings. The number of rotatable bonds is 3.